The van der Waals surface area contributed by atoms with Crippen LogP contribution < -0.4 is 22.3 Å². The molecule has 0 amide bonds. The number of non-ortho nitro benzene ring substituents is 2. The highest BCUT2D eigenvalue weighted by atomic mass is 16.6. The fourth-order valence-corrected chi connectivity index (χ4v) is 3.98. The van der Waals surface area contributed by atoms with Crippen LogP contribution in [0.2, 0.25) is 0 Å². The zero-order valence-corrected chi connectivity index (χ0v) is 17.4. The number of benzene rings is 2. The fourth-order valence-electron chi connectivity index (χ4n) is 3.98. The summed E-state index contributed by atoms with van der Waals surface area (Å²) in [5.41, 5.74) is 5.13. The number of oxazole rings is 2. The molecule has 0 saturated carbocycles. The summed E-state index contributed by atoms with van der Waals surface area (Å²) in [6.45, 7) is 0. The third-order valence-electron chi connectivity index (χ3n) is 5.41. The van der Waals surface area contributed by atoms with Gasteiger partial charge in [0.15, 0.2) is 0 Å². The number of hydrogen-bond donors (Lipinski definition) is 1. The number of nitro benzene ring substituents is 2. The van der Waals surface area contributed by atoms with Crippen LogP contribution in [0.15, 0.2) is 62.2 Å². The van der Waals surface area contributed by atoms with E-state index in [1.54, 1.807) is 12.1 Å². The van der Waals surface area contributed by atoms with E-state index >= 15 is 0 Å². The number of nitrogen functional groups attached to an aromatic ring is 1. The summed E-state index contributed by atoms with van der Waals surface area (Å²) in [6, 6.07) is 12.9. The normalized spacial score (nSPS) is 14.8. The number of nitrogens with two attached hydrogens (primary N) is 1. The van der Waals surface area contributed by atoms with Crippen molar-refractivity contribution in [3.8, 4) is 12.0 Å². The molecule has 35 heavy (non-hydrogen) atoms. The van der Waals surface area contributed by atoms with E-state index in [9.17, 15) is 30.3 Å². The average Bonchev–Trinajstić information content (AvgIpc) is 3.37. The van der Waals surface area contributed by atoms with Gasteiger partial charge in [0.2, 0.25) is 11.4 Å². The molecule has 0 saturated heterocycles. The summed E-state index contributed by atoms with van der Waals surface area (Å²) in [5.74, 6) is -0.984. The first-order valence-corrected chi connectivity index (χ1v) is 9.91. The van der Waals surface area contributed by atoms with Crippen molar-refractivity contribution in [3.05, 3.63) is 107 Å². The summed E-state index contributed by atoms with van der Waals surface area (Å²) >= 11 is 0. The molecule has 4 aromatic rings. The maximum atomic E-state index is 12.8. The Labute approximate surface area is 193 Å². The highest BCUT2D eigenvalue weighted by Gasteiger charge is 2.36. The molecule has 3 heterocycles. The quantitative estimate of drug-likeness (QED) is 0.335. The number of hydrogen-bond acceptors (Lipinski definition) is 10. The summed E-state index contributed by atoms with van der Waals surface area (Å²) in [7, 11) is 0. The lowest BCUT2D eigenvalue weighted by Crippen LogP contribution is -2.35. The molecule has 0 aliphatic carbocycles. The maximum absolute atomic E-state index is 12.8. The summed E-state index contributed by atoms with van der Waals surface area (Å²) in [5, 5.41) is 32.3. The molecule has 1 aliphatic heterocycles. The van der Waals surface area contributed by atoms with Gasteiger partial charge in [-0.05, 0) is 17.2 Å². The number of nitro groups is 2. The van der Waals surface area contributed by atoms with Gasteiger partial charge in [-0.15, -0.1) is 0 Å². The third-order valence-corrected chi connectivity index (χ3v) is 5.41. The molecule has 2 aromatic heterocycles. The van der Waals surface area contributed by atoms with Crippen molar-refractivity contribution in [2.45, 2.75) is 5.92 Å². The molecule has 0 bridgehead atoms. The number of rotatable bonds is 4. The molecule has 5 rings (SSSR count). The van der Waals surface area contributed by atoms with Gasteiger partial charge in [-0.2, -0.15) is 10.2 Å². The first-order chi connectivity index (χ1) is 16.8. The fraction of sp³-hybridized carbons (Fsp3) is 0.0455. The maximum Gasteiger partial charge on any atom is 0.362 e. The van der Waals surface area contributed by atoms with Crippen LogP contribution in [-0.4, -0.2) is 19.4 Å². The minimum absolute atomic E-state index is 0.0180. The largest absolute Gasteiger partial charge is 0.406 e. The molecule has 13 nitrogen and oxygen atoms in total. The number of fused-ring (bicyclic) bond motifs is 3. The molecule has 1 aliphatic rings. The Morgan fingerprint density at radius 3 is 2.46 bits per heavy atom. The molecule has 1 atom stereocenters. The molecular formula is C22H12N6O7. The van der Waals surface area contributed by atoms with Crippen molar-refractivity contribution in [1.82, 2.24) is 9.55 Å². The minimum atomic E-state index is -0.966. The predicted octanol–water partition coefficient (Wildman–Crippen LogP) is 1.47. The Balaban J connectivity index is 1.84. The van der Waals surface area contributed by atoms with Gasteiger partial charge in [0.05, 0.1) is 15.8 Å². The first-order valence-electron chi connectivity index (χ1n) is 9.91. The Hall–Kier alpha value is -5.51. The number of nitrogens with zero attached hydrogens (tertiary/aromatic N) is 5. The van der Waals surface area contributed by atoms with Crippen molar-refractivity contribution >= 4 is 29.0 Å². The van der Waals surface area contributed by atoms with Crippen LogP contribution in [0.1, 0.15) is 22.7 Å². The van der Waals surface area contributed by atoms with E-state index in [4.69, 9.17) is 14.6 Å². The van der Waals surface area contributed by atoms with E-state index in [1.807, 2.05) is 6.07 Å². The Morgan fingerprint density at radius 1 is 1.09 bits per heavy atom. The summed E-state index contributed by atoms with van der Waals surface area (Å²) < 4.78 is 12.2. The second-order valence-corrected chi connectivity index (χ2v) is 7.46. The first kappa shape index (κ1) is 21.3. The monoisotopic (exact) mass is 472 g/mol. The van der Waals surface area contributed by atoms with Gasteiger partial charge in [0.25, 0.3) is 17.4 Å². The zero-order chi connectivity index (χ0) is 24.9. The van der Waals surface area contributed by atoms with Crippen LogP contribution in [0.5, 0.6) is 0 Å². The van der Waals surface area contributed by atoms with Gasteiger partial charge in [-0.25, -0.2) is 9.36 Å². The van der Waals surface area contributed by atoms with Crippen molar-refractivity contribution in [1.29, 1.82) is 5.26 Å². The van der Waals surface area contributed by atoms with Crippen LogP contribution in [-0.2, 0) is 0 Å². The van der Waals surface area contributed by atoms with Crippen LogP contribution in [0.25, 0.3) is 17.5 Å². The van der Waals surface area contributed by atoms with Crippen molar-refractivity contribution < 1.29 is 18.7 Å². The van der Waals surface area contributed by atoms with Gasteiger partial charge in [0, 0.05) is 24.3 Å². The van der Waals surface area contributed by atoms with E-state index in [0.29, 0.717) is 11.1 Å². The van der Waals surface area contributed by atoms with Crippen LogP contribution in [0, 0.1) is 31.6 Å². The van der Waals surface area contributed by atoms with Crippen molar-refractivity contribution in [2.24, 2.45) is 0 Å². The van der Waals surface area contributed by atoms with E-state index in [2.05, 4.69) is 4.98 Å². The SMILES string of the molecule is N#CC1=c2oc(=O)/c(=C\c3cccc([N+](=O)[O-])c3)n2-c2oc(N)nc2C1c1cccc([N+](=O)[O-])c1. The second kappa shape index (κ2) is 7.81. The minimum Gasteiger partial charge on any atom is -0.406 e. The lowest BCUT2D eigenvalue weighted by atomic mass is 9.87. The summed E-state index contributed by atoms with van der Waals surface area (Å²) in [4.78, 5) is 38.3. The third kappa shape index (κ3) is 3.42. The van der Waals surface area contributed by atoms with E-state index in [0.717, 1.165) is 0 Å². The predicted molar refractivity (Wildman–Crippen MR) is 119 cm³/mol. The van der Waals surface area contributed by atoms with Gasteiger partial charge in [-0.1, -0.05) is 24.3 Å². The number of aromatic nitrogens is 2. The Bertz CT molecular complexity index is 1770. The molecule has 172 valence electrons. The van der Waals surface area contributed by atoms with E-state index < -0.39 is 21.4 Å². The summed E-state index contributed by atoms with van der Waals surface area (Å²) in [6.07, 6.45) is 1.34. The molecule has 1 unspecified atom stereocenters. The van der Waals surface area contributed by atoms with Gasteiger partial charge < -0.3 is 14.6 Å². The smallest absolute Gasteiger partial charge is 0.362 e. The molecule has 2 aromatic carbocycles. The van der Waals surface area contributed by atoms with Crippen LogP contribution in [0.3, 0.4) is 0 Å². The molecule has 13 heteroatoms. The molecule has 0 radical (unpaired) electrons. The molecular weight excluding hydrogens is 460 g/mol. The number of anilines is 1. The van der Waals surface area contributed by atoms with Crippen molar-refractivity contribution in [3.63, 3.8) is 0 Å². The molecule has 0 spiro atoms. The molecule has 2 N–H and O–H groups in total. The van der Waals surface area contributed by atoms with E-state index in [1.165, 1.54) is 47.0 Å². The molecule has 0 fully saturated rings. The Morgan fingerprint density at radius 2 is 1.77 bits per heavy atom. The average molecular weight is 472 g/mol. The Kier molecular flexibility index (Phi) is 4.76. The highest BCUT2D eigenvalue weighted by Crippen LogP contribution is 2.38. The van der Waals surface area contributed by atoms with Gasteiger partial charge >= 0.3 is 5.63 Å². The zero-order valence-electron chi connectivity index (χ0n) is 17.4. The van der Waals surface area contributed by atoms with Crippen LogP contribution in [0.4, 0.5) is 17.4 Å². The standard InChI is InChI=1S/C22H12N6O7/c23-10-15-17(12-4-2-6-14(9-12)28(32)33)18-20(35-22(24)25-18)26-16(21(29)34-19(15)26)8-11-3-1-5-13(7-11)27(30)31/h1-9,17H,(H2,24,25)/b16-8+. The number of nitriles is 1. The second-order valence-electron chi connectivity index (χ2n) is 7.46. The lowest BCUT2D eigenvalue weighted by Gasteiger charge is -2.18. The lowest BCUT2D eigenvalue weighted by molar-refractivity contribution is -0.385. The van der Waals surface area contributed by atoms with E-state index in [-0.39, 0.29) is 45.4 Å². The van der Waals surface area contributed by atoms with Crippen molar-refractivity contribution in [2.75, 3.05) is 5.73 Å². The highest BCUT2D eigenvalue weighted by molar-refractivity contribution is 5.73. The van der Waals surface area contributed by atoms with Gasteiger partial charge in [-0.3, -0.25) is 20.2 Å². The van der Waals surface area contributed by atoms with Gasteiger partial charge in [0.1, 0.15) is 22.7 Å². The van der Waals surface area contributed by atoms with Crippen LogP contribution >= 0.6 is 0 Å². The topological polar surface area (TPSA) is 197 Å².